The van der Waals surface area contributed by atoms with Crippen molar-refractivity contribution in [1.29, 1.82) is 0 Å². The summed E-state index contributed by atoms with van der Waals surface area (Å²) in [5, 5.41) is 9.24. The molecule has 1 aliphatic heterocycles. The van der Waals surface area contributed by atoms with Gasteiger partial charge in [0.2, 0.25) is 0 Å². The maximum Gasteiger partial charge on any atom is 0.356 e. The van der Waals surface area contributed by atoms with Crippen LogP contribution in [0, 0.1) is 0 Å². The number of carbonyl (C=O) groups is 1. The Morgan fingerprint density at radius 2 is 2.10 bits per heavy atom. The Labute approximate surface area is 116 Å². The largest absolute Gasteiger partial charge is 0.491 e. The smallest absolute Gasteiger partial charge is 0.356 e. The fraction of sp³-hybridized carbons (Fsp3) is 0.200. The summed E-state index contributed by atoms with van der Waals surface area (Å²) in [6, 6.07) is 11.3. The molecule has 0 radical (unpaired) electrons. The summed E-state index contributed by atoms with van der Waals surface area (Å²) in [6.45, 7) is 1.76. The average molecular weight is 270 g/mol. The highest BCUT2D eigenvalue weighted by atomic mass is 16.5. The van der Waals surface area contributed by atoms with Crippen LogP contribution < -0.4 is 9.64 Å². The van der Waals surface area contributed by atoms with E-state index in [4.69, 9.17) is 4.74 Å². The molecule has 102 valence electrons. The molecule has 0 saturated carbocycles. The topological polar surface area (TPSA) is 62.7 Å². The first-order valence-electron chi connectivity index (χ1n) is 6.39. The molecule has 1 aromatic heterocycles. The van der Waals surface area contributed by atoms with Gasteiger partial charge in [0.15, 0.2) is 5.69 Å². The Balaban J connectivity index is 1.98. The molecule has 0 bridgehead atoms. The van der Waals surface area contributed by atoms with E-state index < -0.39 is 5.97 Å². The van der Waals surface area contributed by atoms with E-state index >= 15 is 0 Å². The molecule has 0 saturated heterocycles. The lowest BCUT2D eigenvalue weighted by Gasteiger charge is -2.23. The molecule has 0 aliphatic carbocycles. The third-order valence-electron chi connectivity index (χ3n) is 3.28. The Morgan fingerprint density at radius 3 is 2.95 bits per heavy atom. The molecule has 2 heterocycles. The number of hydrogen-bond acceptors (Lipinski definition) is 4. The van der Waals surface area contributed by atoms with Crippen molar-refractivity contribution in [2.24, 2.45) is 0 Å². The standard InChI is InChI=1S/C15H14N2O3/c18-15(19)14-12(5-3-7-16-14)17-8-9-20-13-6-2-1-4-11(13)10-17/h1-7H,8-10H2,(H,18,19). The molecule has 1 aromatic carbocycles. The number of carboxylic acids is 1. The second-order valence-electron chi connectivity index (χ2n) is 4.55. The van der Waals surface area contributed by atoms with E-state index in [1.54, 1.807) is 12.1 Å². The number of pyridine rings is 1. The van der Waals surface area contributed by atoms with Gasteiger partial charge in [-0.1, -0.05) is 18.2 Å². The first-order chi connectivity index (χ1) is 9.75. The number of rotatable bonds is 2. The van der Waals surface area contributed by atoms with Gasteiger partial charge in [-0.2, -0.15) is 0 Å². The van der Waals surface area contributed by atoms with Crippen molar-refractivity contribution in [3.05, 3.63) is 53.9 Å². The average Bonchev–Trinajstić information content (AvgIpc) is 2.69. The van der Waals surface area contributed by atoms with Gasteiger partial charge in [0.05, 0.1) is 12.2 Å². The van der Waals surface area contributed by atoms with E-state index in [9.17, 15) is 9.90 Å². The zero-order valence-corrected chi connectivity index (χ0v) is 10.8. The minimum absolute atomic E-state index is 0.0758. The van der Waals surface area contributed by atoms with Crippen LogP contribution in [0.2, 0.25) is 0 Å². The molecule has 0 spiro atoms. The van der Waals surface area contributed by atoms with Crippen molar-refractivity contribution in [3.8, 4) is 5.75 Å². The number of benzene rings is 1. The van der Waals surface area contributed by atoms with E-state index in [2.05, 4.69) is 4.98 Å². The van der Waals surface area contributed by atoms with Crippen molar-refractivity contribution in [1.82, 2.24) is 4.98 Å². The molecule has 5 heteroatoms. The summed E-state index contributed by atoms with van der Waals surface area (Å²) >= 11 is 0. The molecule has 0 atom stereocenters. The zero-order valence-electron chi connectivity index (χ0n) is 10.8. The second kappa shape index (κ2) is 5.21. The van der Waals surface area contributed by atoms with E-state index in [0.29, 0.717) is 25.4 Å². The Morgan fingerprint density at radius 1 is 1.25 bits per heavy atom. The lowest BCUT2D eigenvalue weighted by molar-refractivity contribution is 0.0691. The summed E-state index contributed by atoms with van der Waals surface area (Å²) < 4.78 is 5.69. The van der Waals surface area contributed by atoms with E-state index in [1.165, 1.54) is 6.20 Å². The summed E-state index contributed by atoms with van der Waals surface area (Å²) in [5.41, 5.74) is 1.75. The van der Waals surface area contributed by atoms with Gasteiger partial charge in [-0.3, -0.25) is 0 Å². The van der Waals surface area contributed by atoms with Crippen LogP contribution >= 0.6 is 0 Å². The lowest BCUT2D eigenvalue weighted by Crippen LogP contribution is -2.27. The highest BCUT2D eigenvalue weighted by Gasteiger charge is 2.20. The number of aromatic nitrogens is 1. The van der Waals surface area contributed by atoms with Gasteiger partial charge in [0.25, 0.3) is 0 Å². The molecule has 0 unspecified atom stereocenters. The summed E-state index contributed by atoms with van der Waals surface area (Å²) in [7, 11) is 0. The molecular weight excluding hydrogens is 256 g/mol. The van der Waals surface area contributed by atoms with Crippen molar-refractivity contribution in [2.45, 2.75) is 6.54 Å². The molecule has 0 fully saturated rings. The quantitative estimate of drug-likeness (QED) is 0.906. The lowest BCUT2D eigenvalue weighted by atomic mass is 10.1. The molecule has 1 aliphatic rings. The van der Waals surface area contributed by atoms with Crippen LogP contribution in [-0.4, -0.2) is 29.2 Å². The molecule has 2 aromatic rings. The number of nitrogens with zero attached hydrogens (tertiary/aromatic N) is 2. The van der Waals surface area contributed by atoms with Gasteiger partial charge in [0, 0.05) is 18.3 Å². The predicted octanol–water partition coefficient (Wildman–Crippen LogP) is 2.18. The second-order valence-corrected chi connectivity index (χ2v) is 4.55. The van der Waals surface area contributed by atoms with Gasteiger partial charge < -0.3 is 14.7 Å². The number of carboxylic acid groups (broad SMARTS) is 1. The fourth-order valence-electron chi connectivity index (χ4n) is 2.35. The molecule has 20 heavy (non-hydrogen) atoms. The van der Waals surface area contributed by atoms with Crippen LogP contribution in [0.4, 0.5) is 5.69 Å². The van der Waals surface area contributed by atoms with Gasteiger partial charge >= 0.3 is 5.97 Å². The molecule has 5 nitrogen and oxygen atoms in total. The predicted molar refractivity (Wildman–Crippen MR) is 74.2 cm³/mol. The summed E-state index contributed by atoms with van der Waals surface area (Å²) in [5.74, 6) is -0.158. The maximum atomic E-state index is 11.3. The first kappa shape index (κ1) is 12.5. The van der Waals surface area contributed by atoms with E-state index in [1.807, 2.05) is 29.2 Å². The number of aromatic carboxylic acids is 1. The monoisotopic (exact) mass is 270 g/mol. The Kier molecular flexibility index (Phi) is 3.25. The van der Waals surface area contributed by atoms with Gasteiger partial charge in [0.1, 0.15) is 12.4 Å². The summed E-state index contributed by atoms with van der Waals surface area (Å²) in [4.78, 5) is 17.2. The number of para-hydroxylation sites is 1. The van der Waals surface area contributed by atoms with Crippen LogP contribution in [0.15, 0.2) is 42.6 Å². The highest BCUT2D eigenvalue weighted by molar-refractivity contribution is 5.92. The molecule has 3 rings (SSSR count). The molecular formula is C15H14N2O3. The van der Waals surface area contributed by atoms with Gasteiger partial charge in [-0.05, 0) is 18.2 Å². The van der Waals surface area contributed by atoms with Crippen molar-refractivity contribution >= 4 is 11.7 Å². The third-order valence-corrected chi connectivity index (χ3v) is 3.28. The Hall–Kier alpha value is -2.56. The Bertz CT molecular complexity index is 643. The number of ether oxygens (including phenoxy) is 1. The number of anilines is 1. The van der Waals surface area contributed by atoms with Crippen LogP contribution in [-0.2, 0) is 6.54 Å². The normalized spacial score (nSPS) is 14.1. The SMILES string of the molecule is O=C(O)c1ncccc1N1CCOc2ccccc2C1. The zero-order chi connectivity index (χ0) is 13.9. The van der Waals surface area contributed by atoms with E-state index in [0.717, 1.165) is 11.3 Å². The van der Waals surface area contributed by atoms with Crippen molar-refractivity contribution in [3.63, 3.8) is 0 Å². The van der Waals surface area contributed by atoms with Crippen LogP contribution in [0.5, 0.6) is 5.75 Å². The summed E-state index contributed by atoms with van der Waals surface area (Å²) in [6.07, 6.45) is 1.50. The minimum atomic E-state index is -1.01. The number of hydrogen-bond donors (Lipinski definition) is 1. The molecule has 1 N–H and O–H groups in total. The minimum Gasteiger partial charge on any atom is -0.491 e. The maximum absolute atomic E-state index is 11.3. The fourth-order valence-corrected chi connectivity index (χ4v) is 2.35. The van der Waals surface area contributed by atoms with Gasteiger partial charge in [-0.15, -0.1) is 0 Å². The van der Waals surface area contributed by atoms with Crippen LogP contribution in [0.25, 0.3) is 0 Å². The van der Waals surface area contributed by atoms with Gasteiger partial charge in [-0.25, -0.2) is 9.78 Å². The van der Waals surface area contributed by atoms with Crippen LogP contribution in [0.1, 0.15) is 16.1 Å². The number of fused-ring (bicyclic) bond motifs is 1. The third kappa shape index (κ3) is 2.30. The van der Waals surface area contributed by atoms with Crippen LogP contribution in [0.3, 0.4) is 0 Å². The van der Waals surface area contributed by atoms with Crippen molar-refractivity contribution in [2.75, 3.05) is 18.1 Å². The first-order valence-corrected chi connectivity index (χ1v) is 6.39. The highest BCUT2D eigenvalue weighted by Crippen LogP contribution is 2.27. The van der Waals surface area contributed by atoms with Crippen molar-refractivity contribution < 1.29 is 14.6 Å². The van der Waals surface area contributed by atoms with E-state index in [-0.39, 0.29) is 5.69 Å². The molecule has 0 amide bonds.